The summed E-state index contributed by atoms with van der Waals surface area (Å²) in [4.78, 5) is 31.9. The lowest BCUT2D eigenvalue weighted by Crippen LogP contribution is -2.38. The van der Waals surface area contributed by atoms with Crippen LogP contribution in [0, 0.1) is 0 Å². The number of aromatic nitrogens is 1. The monoisotopic (exact) mass is 515 g/mol. The summed E-state index contributed by atoms with van der Waals surface area (Å²) >= 11 is 5.57. The summed E-state index contributed by atoms with van der Waals surface area (Å²) in [6.07, 6.45) is 1.53. The van der Waals surface area contributed by atoms with Gasteiger partial charge in [-0.3, -0.25) is 9.59 Å². The van der Waals surface area contributed by atoms with Crippen molar-refractivity contribution in [3.8, 4) is 11.1 Å². The second-order valence-electron chi connectivity index (χ2n) is 8.63. The summed E-state index contributed by atoms with van der Waals surface area (Å²) in [5.41, 5.74) is 2.37. The number of nitrogens with zero attached hydrogens (tertiary/aromatic N) is 2. The summed E-state index contributed by atoms with van der Waals surface area (Å²) in [6.45, 7) is 2.53. The Bertz CT molecular complexity index is 1180. The van der Waals surface area contributed by atoms with Gasteiger partial charge >= 0.3 is 0 Å². The molecule has 35 heavy (non-hydrogen) atoms. The van der Waals surface area contributed by atoms with Crippen molar-refractivity contribution in [1.29, 1.82) is 0 Å². The van der Waals surface area contributed by atoms with Crippen LogP contribution in [0.15, 0.2) is 53.9 Å². The lowest BCUT2D eigenvalue weighted by molar-refractivity contribution is 0.0175. The molecule has 1 aliphatic rings. The van der Waals surface area contributed by atoms with Crippen LogP contribution in [0.1, 0.15) is 57.1 Å². The Morgan fingerprint density at radius 2 is 1.83 bits per heavy atom. The summed E-state index contributed by atoms with van der Waals surface area (Å²) < 4.78 is 27.2. The average molecular weight is 516 g/mol. The minimum absolute atomic E-state index is 0.0586. The molecule has 184 valence electrons. The minimum Gasteiger partial charge on any atom is -0.350 e. The van der Waals surface area contributed by atoms with E-state index in [0.717, 1.165) is 35.9 Å². The molecule has 0 radical (unpaired) electrons. The second kappa shape index (κ2) is 10.9. The molecule has 2 aromatic carbocycles. The van der Waals surface area contributed by atoms with Gasteiger partial charge in [-0.05, 0) is 30.0 Å². The van der Waals surface area contributed by atoms with Crippen molar-refractivity contribution in [1.82, 2.24) is 15.2 Å². The predicted molar refractivity (Wildman–Crippen MR) is 138 cm³/mol. The van der Waals surface area contributed by atoms with E-state index in [-0.39, 0.29) is 23.3 Å². The molecule has 3 aromatic rings. The van der Waals surface area contributed by atoms with Gasteiger partial charge in [-0.2, -0.15) is 12.6 Å². The number of hydrogen-bond acceptors (Lipinski definition) is 5. The Kier molecular flexibility index (Phi) is 7.86. The van der Waals surface area contributed by atoms with Crippen LogP contribution in [0.4, 0.5) is 8.78 Å². The normalized spacial score (nSPS) is 14.7. The zero-order chi connectivity index (χ0) is 25.0. The van der Waals surface area contributed by atoms with E-state index in [2.05, 4.69) is 22.9 Å². The zero-order valence-electron chi connectivity index (χ0n) is 19.3. The molecule has 1 fully saturated rings. The number of piperidine rings is 1. The van der Waals surface area contributed by atoms with Gasteiger partial charge in [-0.25, -0.2) is 13.8 Å². The van der Waals surface area contributed by atoms with Gasteiger partial charge in [0.2, 0.25) is 0 Å². The summed E-state index contributed by atoms with van der Waals surface area (Å²) in [5.74, 6) is -2.41. The van der Waals surface area contributed by atoms with E-state index in [0.29, 0.717) is 36.6 Å². The number of alkyl halides is 2. The van der Waals surface area contributed by atoms with Gasteiger partial charge in [-0.15, -0.1) is 11.3 Å². The molecule has 9 heteroatoms. The van der Waals surface area contributed by atoms with Crippen LogP contribution in [0.3, 0.4) is 0 Å². The van der Waals surface area contributed by atoms with Crippen LogP contribution >= 0.6 is 24.0 Å². The van der Waals surface area contributed by atoms with Crippen LogP contribution in [0.2, 0.25) is 0 Å². The topological polar surface area (TPSA) is 62.3 Å². The van der Waals surface area contributed by atoms with Gasteiger partial charge in [0.15, 0.2) is 0 Å². The molecule has 0 spiro atoms. The molecule has 1 N–H and O–H groups in total. The number of nitrogens with one attached hydrogen (secondary N) is 1. The second-order valence-corrected chi connectivity index (χ2v) is 9.97. The van der Waals surface area contributed by atoms with Gasteiger partial charge in [0.05, 0.1) is 5.01 Å². The Labute approximate surface area is 213 Å². The summed E-state index contributed by atoms with van der Waals surface area (Å²) in [5, 5.41) is 5.47. The van der Waals surface area contributed by atoms with Crippen molar-refractivity contribution in [3.63, 3.8) is 0 Å². The molecular weight excluding hydrogens is 488 g/mol. The number of thiol groups is 1. The van der Waals surface area contributed by atoms with Crippen LogP contribution < -0.4 is 5.32 Å². The first-order chi connectivity index (χ1) is 16.8. The van der Waals surface area contributed by atoms with E-state index in [1.54, 1.807) is 23.6 Å². The highest BCUT2D eigenvalue weighted by Crippen LogP contribution is 2.33. The fraction of sp³-hybridized carbons (Fsp3) is 0.346. The van der Waals surface area contributed by atoms with Crippen molar-refractivity contribution in [3.05, 3.63) is 75.7 Å². The molecule has 1 saturated heterocycles. The van der Waals surface area contributed by atoms with E-state index in [9.17, 15) is 18.4 Å². The Morgan fingerprint density at radius 3 is 2.49 bits per heavy atom. The molecule has 4 rings (SSSR count). The largest absolute Gasteiger partial charge is 0.350 e. The molecule has 1 aliphatic heterocycles. The van der Waals surface area contributed by atoms with Crippen LogP contribution in [0.25, 0.3) is 11.1 Å². The number of halogens is 2. The van der Waals surface area contributed by atoms with Crippen molar-refractivity contribution in [2.24, 2.45) is 0 Å². The highest BCUT2D eigenvalue weighted by molar-refractivity contribution is 7.80. The minimum atomic E-state index is -2.91. The van der Waals surface area contributed by atoms with E-state index >= 15 is 0 Å². The summed E-state index contributed by atoms with van der Waals surface area (Å²) in [7, 11) is 0. The van der Waals surface area contributed by atoms with Crippen molar-refractivity contribution in [2.75, 3.05) is 25.4 Å². The maximum atomic E-state index is 13.6. The van der Waals surface area contributed by atoms with E-state index < -0.39 is 5.92 Å². The number of hydrogen-bond donors (Lipinski definition) is 2. The predicted octanol–water partition coefficient (Wildman–Crippen LogP) is 5.60. The van der Waals surface area contributed by atoms with E-state index in [4.69, 9.17) is 0 Å². The third-order valence-corrected chi connectivity index (χ3v) is 7.37. The van der Waals surface area contributed by atoms with Crippen LogP contribution in [-0.4, -0.2) is 47.1 Å². The number of thiazole rings is 1. The Morgan fingerprint density at radius 1 is 1.14 bits per heavy atom. The van der Waals surface area contributed by atoms with Gasteiger partial charge in [-0.1, -0.05) is 42.5 Å². The number of carbonyl (C=O) groups is 2. The maximum Gasteiger partial charge on any atom is 0.270 e. The zero-order valence-corrected chi connectivity index (χ0v) is 21.0. The van der Waals surface area contributed by atoms with Gasteiger partial charge in [0.1, 0.15) is 5.69 Å². The molecule has 2 amide bonds. The van der Waals surface area contributed by atoms with Gasteiger partial charge < -0.3 is 10.2 Å². The fourth-order valence-electron chi connectivity index (χ4n) is 4.20. The molecule has 0 saturated carbocycles. The maximum absolute atomic E-state index is 13.6. The lowest BCUT2D eigenvalue weighted by Gasteiger charge is -2.31. The molecule has 1 aromatic heterocycles. The number of benzene rings is 2. The van der Waals surface area contributed by atoms with Crippen LogP contribution in [-0.2, 0) is 5.92 Å². The highest BCUT2D eigenvalue weighted by Gasteiger charge is 2.28. The number of carbonyl (C=O) groups excluding carboxylic acids is 2. The molecular formula is C26H27F2N3O2S2. The first-order valence-corrected chi connectivity index (χ1v) is 13.0. The van der Waals surface area contributed by atoms with E-state index in [1.807, 2.05) is 23.1 Å². The molecule has 2 heterocycles. The smallest absolute Gasteiger partial charge is 0.270 e. The van der Waals surface area contributed by atoms with Crippen molar-refractivity contribution >= 4 is 35.8 Å². The molecule has 0 atom stereocenters. The van der Waals surface area contributed by atoms with Crippen molar-refractivity contribution < 1.29 is 18.4 Å². The third-order valence-electron chi connectivity index (χ3n) is 6.14. The van der Waals surface area contributed by atoms with Crippen LogP contribution in [0.5, 0.6) is 0 Å². The van der Waals surface area contributed by atoms with Crippen molar-refractivity contribution in [2.45, 2.75) is 31.6 Å². The fourth-order valence-corrected chi connectivity index (χ4v) is 5.29. The number of amides is 2. The van der Waals surface area contributed by atoms with Gasteiger partial charge in [0, 0.05) is 54.7 Å². The third kappa shape index (κ3) is 5.90. The molecule has 5 nitrogen and oxygen atoms in total. The Hall–Kier alpha value is -2.78. The number of rotatable bonds is 7. The lowest BCUT2D eigenvalue weighted by atomic mass is 9.94. The quantitative estimate of drug-likeness (QED) is 0.403. The first kappa shape index (κ1) is 25.3. The van der Waals surface area contributed by atoms with Gasteiger partial charge in [0.25, 0.3) is 17.7 Å². The standard InChI is InChI=1S/C26H27F2N3O2S2/c1-26(27,28)19-8-6-17(7-9-19)20-4-2-3-5-21(20)25(33)31-13-10-18(11-14-31)24-30-22(16-35-24)23(32)29-12-15-34/h2-9,16,18,34H,10-15H2,1H3,(H,29,32). The highest BCUT2D eigenvalue weighted by atomic mass is 32.1. The average Bonchev–Trinajstić information content (AvgIpc) is 3.37. The molecule has 0 aliphatic carbocycles. The molecule has 0 unspecified atom stereocenters. The number of likely N-dealkylation sites (tertiary alicyclic amines) is 1. The Balaban J connectivity index is 1.43. The first-order valence-electron chi connectivity index (χ1n) is 11.5. The summed E-state index contributed by atoms with van der Waals surface area (Å²) in [6, 6.07) is 13.4. The SMILES string of the molecule is CC(F)(F)c1ccc(-c2ccccc2C(=O)N2CCC(c3nc(C(=O)NCCS)cs3)CC2)cc1. The van der Waals surface area contributed by atoms with E-state index in [1.165, 1.54) is 23.5 Å². The molecule has 0 bridgehead atoms.